The highest BCUT2D eigenvalue weighted by Crippen LogP contribution is 2.65. The summed E-state index contributed by atoms with van der Waals surface area (Å²) in [6.45, 7) is 1.94. The Labute approximate surface area is 198 Å². The fourth-order valence-corrected chi connectivity index (χ4v) is 7.58. The number of benzene rings is 2. The molecule has 2 aromatic carbocycles. The topological polar surface area (TPSA) is 108 Å². The van der Waals surface area contributed by atoms with Crippen LogP contribution in [0.1, 0.15) is 53.6 Å². The van der Waals surface area contributed by atoms with Gasteiger partial charge in [-0.1, -0.05) is 18.2 Å². The van der Waals surface area contributed by atoms with Gasteiger partial charge >= 0.3 is 0 Å². The molecule has 1 amide bonds. The van der Waals surface area contributed by atoms with Crippen molar-refractivity contribution in [1.29, 1.82) is 0 Å². The van der Waals surface area contributed by atoms with Gasteiger partial charge in [-0.25, -0.2) is 0 Å². The Morgan fingerprint density at radius 3 is 2.79 bits per heavy atom. The van der Waals surface area contributed by atoms with Crippen molar-refractivity contribution < 1.29 is 19.7 Å². The molecule has 0 aromatic heterocycles. The third-order valence-electron chi connectivity index (χ3n) is 9.28. The molecule has 5 atom stereocenters. The molecule has 178 valence electrons. The summed E-state index contributed by atoms with van der Waals surface area (Å²) in [4.78, 5) is 15.7. The van der Waals surface area contributed by atoms with E-state index < -0.39 is 17.1 Å². The molecule has 3 fully saturated rings. The summed E-state index contributed by atoms with van der Waals surface area (Å²) in [5.74, 6) is 1.13. The van der Waals surface area contributed by atoms with E-state index in [1.807, 2.05) is 12.1 Å². The predicted molar refractivity (Wildman–Crippen MR) is 127 cm³/mol. The van der Waals surface area contributed by atoms with Crippen LogP contribution < -0.4 is 15.8 Å². The van der Waals surface area contributed by atoms with Gasteiger partial charge in [0, 0.05) is 23.8 Å². The minimum atomic E-state index is -0.955. The van der Waals surface area contributed by atoms with E-state index in [1.165, 1.54) is 12.8 Å². The van der Waals surface area contributed by atoms with Crippen molar-refractivity contribution in [3.63, 3.8) is 0 Å². The Morgan fingerprint density at radius 2 is 2.00 bits per heavy atom. The molecule has 7 nitrogen and oxygen atoms in total. The summed E-state index contributed by atoms with van der Waals surface area (Å²) >= 11 is 0. The lowest BCUT2D eigenvalue weighted by Gasteiger charge is -2.64. The first-order chi connectivity index (χ1) is 16.4. The van der Waals surface area contributed by atoms with Crippen molar-refractivity contribution in [2.45, 2.75) is 67.7 Å². The quantitative estimate of drug-likeness (QED) is 0.521. The molecular formula is C27H31N3O4. The molecule has 2 saturated carbocycles. The lowest BCUT2D eigenvalue weighted by atomic mass is 9.48. The number of para-hydroxylation sites is 1. The van der Waals surface area contributed by atoms with Crippen LogP contribution in [0.2, 0.25) is 0 Å². The molecule has 5 aliphatic rings. The molecule has 7 heteroatoms. The van der Waals surface area contributed by atoms with Gasteiger partial charge in [-0.05, 0) is 74.8 Å². The zero-order valence-corrected chi connectivity index (χ0v) is 19.2. The number of carbonyl (C=O) groups excluding carboxylic acids is 1. The van der Waals surface area contributed by atoms with E-state index in [4.69, 9.17) is 10.5 Å². The lowest BCUT2D eigenvalue weighted by molar-refractivity contribution is -0.191. The number of rotatable bonds is 4. The van der Waals surface area contributed by atoms with E-state index in [9.17, 15) is 15.0 Å². The molecule has 1 unspecified atom stereocenters. The monoisotopic (exact) mass is 461 g/mol. The molecule has 2 aromatic rings. The van der Waals surface area contributed by atoms with E-state index in [0.717, 1.165) is 43.0 Å². The van der Waals surface area contributed by atoms with Gasteiger partial charge in [-0.3, -0.25) is 9.69 Å². The van der Waals surface area contributed by atoms with Crippen molar-refractivity contribution in [1.82, 2.24) is 10.2 Å². The Bertz CT molecular complexity index is 1200. The number of ether oxygens (including phenoxy) is 1. The predicted octanol–water partition coefficient (Wildman–Crippen LogP) is 2.34. The summed E-state index contributed by atoms with van der Waals surface area (Å²) in [6.07, 6.45) is 4.84. The fourth-order valence-electron chi connectivity index (χ4n) is 7.58. The number of hydrogen-bond acceptors (Lipinski definition) is 6. The number of nitrogens with two attached hydrogens (primary N) is 1. The Hall–Kier alpha value is -2.77. The number of aliphatic hydroxyl groups is 1. The van der Waals surface area contributed by atoms with Crippen LogP contribution in [0.5, 0.6) is 11.5 Å². The molecular weight excluding hydrogens is 430 g/mol. The van der Waals surface area contributed by atoms with Crippen molar-refractivity contribution >= 4 is 11.6 Å². The van der Waals surface area contributed by atoms with Crippen molar-refractivity contribution in [3.8, 4) is 11.5 Å². The van der Waals surface area contributed by atoms with Crippen LogP contribution in [0.4, 0.5) is 5.69 Å². The molecule has 2 aliphatic heterocycles. The van der Waals surface area contributed by atoms with Crippen molar-refractivity contribution in [3.05, 3.63) is 53.1 Å². The van der Waals surface area contributed by atoms with Gasteiger partial charge in [0.1, 0.15) is 6.10 Å². The average Bonchev–Trinajstić information content (AvgIpc) is 3.56. The maximum atomic E-state index is 13.2. The summed E-state index contributed by atoms with van der Waals surface area (Å²) < 4.78 is 6.51. The van der Waals surface area contributed by atoms with Gasteiger partial charge in [0.05, 0.1) is 22.6 Å². The van der Waals surface area contributed by atoms with Crippen LogP contribution in [-0.2, 0) is 11.8 Å². The minimum absolute atomic E-state index is 0.0253. The fraction of sp³-hybridized carbons (Fsp3) is 0.519. The summed E-state index contributed by atoms with van der Waals surface area (Å²) in [5.41, 5.74) is 7.48. The molecule has 1 saturated heterocycles. The first-order valence-electron chi connectivity index (χ1n) is 12.6. The molecule has 1 spiro atoms. The number of phenols is 1. The number of carbonyl (C=O) groups is 1. The molecule has 3 aliphatic carbocycles. The van der Waals surface area contributed by atoms with Crippen LogP contribution in [0, 0.1) is 5.92 Å². The van der Waals surface area contributed by atoms with Gasteiger partial charge in [0.15, 0.2) is 11.5 Å². The van der Waals surface area contributed by atoms with E-state index >= 15 is 0 Å². The number of amides is 1. The second kappa shape index (κ2) is 6.89. The second-order valence-corrected chi connectivity index (χ2v) is 11.0. The number of phenolic OH excluding ortho intramolecular Hbond substituents is 1. The maximum absolute atomic E-state index is 13.2. The van der Waals surface area contributed by atoms with Crippen LogP contribution in [0.15, 0.2) is 36.4 Å². The van der Waals surface area contributed by atoms with Crippen molar-refractivity contribution in [2.24, 2.45) is 5.92 Å². The highest BCUT2D eigenvalue weighted by Gasteiger charge is 2.73. The highest BCUT2D eigenvalue weighted by molar-refractivity contribution is 5.99. The Kier molecular flexibility index (Phi) is 4.17. The minimum Gasteiger partial charge on any atom is -0.504 e. The third-order valence-corrected chi connectivity index (χ3v) is 9.28. The first-order valence-corrected chi connectivity index (χ1v) is 12.6. The zero-order chi connectivity index (χ0) is 23.2. The van der Waals surface area contributed by atoms with Crippen molar-refractivity contribution in [2.75, 3.05) is 18.8 Å². The van der Waals surface area contributed by atoms with E-state index in [0.29, 0.717) is 29.8 Å². The molecule has 2 heterocycles. The van der Waals surface area contributed by atoms with Crippen LogP contribution in [0.25, 0.3) is 0 Å². The first kappa shape index (κ1) is 20.6. The molecule has 2 bridgehead atoms. The zero-order valence-electron chi connectivity index (χ0n) is 19.2. The number of nitrogens with one attached hydrogen (secondary N) is 1. The lowest BCUT2D eigenvalue weighted by Crippen LogP contribution is -2.78. The van der Waals surface area contributed by atoms with Crippen LogP contribution in [-0.4, -0.2) is 57.9 Å². The second-order valence-electron chi connectivity index (χ2n) is 11.0. The maximum Gasteiger partial charge on any atom is 0.253 e. The van der Waals surface area contributed by atoms with Gasteiger partial charge in [-0.15, -0.1) is 0 Å². The number of likely N-dealkylation sites (tertiary alicyclic amines) is 1. The van der Waals surface area contributed by atoms with Gasteiger partial charge in [-0.2, -0.15) is 0 Å². The summed E-state index contributed by atoms with van der Waals surface area (Å²) in [5, 5.41) is 26.4. The number of aromatic hydroxyl groups is 1. The van der Waals surface area contributed by atoms with E-state index in [-0.39, 0.29) is 23.7 Å². The SMILES string of the molecule is Nc1ccccc1C(=O)N[C@@H]1CCC2(O)[C@H]3Cc4ccc(O)c5c4[C@@]2(CCN3CC2CC2)[C@H]1O5. The highest BCUT2D eigenvalue weighted by atomic mass is 16.5. The number of nitrogen functional groups attached to an aromatic ring is 1. The summed E-state index contributed by atoms with van der Waals surface area (Å²) in [6, 6.07) is 10.5. The van der Waals surface area contributed by atoms with Crippen LogP contribution >= 0.6 is 0 Å². The summed E-state index contributed by atoms with van der Waals surface area (Å²) in [7, 11) is 0. The number of anilines is 1. The van der Waals surface area contributed by atoms with E-state index in [2.05, 4.69) is 10.2 Å². The molecule has 7 rings (SSSR count). The van der Waals surface area contributed by atoms with Crippen LogP contribution in [0.3, 0.4) is 0 Å². The third kappa shape index (κ3) is 2.57. The Morgan fingerprint density at radius 1 is 1.18 bits per heavy atom. The van der Waals surface area contributed by atoms with Gasteiger partial charge in [0.2, 0.25) is 0 Å². The molecule has 0 radical (unpaired) electrons. The number of hydrogen-bond donors (Lipinski definition) is 4. The average molecular weight is 462 g/mol. The largest absolute Gasteiger partial charge is 0.504 e. The molecule has 5 N–H and O–H groups in total. The van der Waals surface area contributed by atoms with E-state index in [1.54, 1.807) is 24.3 Å². The normalized spacial score (nSPS) is 35.4. The number of piperidine rings is 1. The standard InChI is InChI=1S/C27H31N3O4/c28-18-4-2-1-3-17(18)25(32)29-19-9-10-27(33)21-13-16-7-8-20(31)23-22(16)26(27,24(19)34-23)11-12-30(21)14-15-5-6-15/h1-4,7-8,15,19,21,24,31,33H,5-6,9-14,28H2,(H,29,32)/t19-,21-,24+,26+,27?/m1/s1. The van der Waals surface area contributed by atoms with Gasteiger partial charge < -0.3 is 26.0 Å². The smallest absolute Gasteiger partial charge is 0.253 e. The van der Waals surface area contributed by atoms with Gasteiger partial charge in [0.25, 0.3) is 5.91 Å². The number of nitrogens with zero attached hydrogens (tertiary/aromatic N) is 1. The molecule has 34 heavy (non-hydrogen) atoms. The Balaban J connectivity index is 1.30.